The summed E-state index contributed by atoms with van der Waals surface area (Å²) in [5, 5.41) is 3.13. The number of hydrazine groups is 1. The van der Waals surface area contributed by atoms with Gasteiger partial charge in [-0.3, -0.25) is 10.2 Å². The van der Waals surface area contributed by atoms with Crippen LogP contribution in [0.15, 0.2) is 29.4 Å². The monoisotopic (exact) mass is 307 g/mol. The molecule has 112 valence electrons. The third-order valence-corrected chi connectivity index (χ3v) is 3.79. The summed E-state index contributed by atoms with van der Waals surface area (Å²) in [6, 6.07) is 7.38. The highest BCUT2D eigenvalue weighted by Crippen LogP contribution is 2.23. The van der Waals surface area contributed by atoms with Crippen LogP contribution < -0.4 is 16.2 Å². The molecule has 0 spiro atoms. The van der Waals surface area contributed by atoms with Gasteiger partial charge in [-0.2, -0.15) is 0 Å². The smallest absolute Gasteiger partial charge is 0.333 e. The van der Waals surface area contributed by atoms with Gasteiger partial charge in [0.2, 0.25) is 5.91 Å². The zero-order valence-electron chi connectivity index (χ0n) is 11.8. The summed E-state index contributed by atoms with van der Waals surface area (Å²) in [6.45, 7) is 2.81. The minimum Gasteiger partial charge on any atom is -0.340 e. The van der Waals surface area contributed by atoms with E-state index in [-0.39, 0.29) is 11.7 Å². The quantitative estimate of drug-likeness (QED) is 0.583. The lowest BCUT2D eigenvalue weighted by molar-refractivity contribution is -0.119. The molecule has 0 aliphatic carbocycles. The molecule has 3 amide bonds. The molecule has 0 fully saturated rings. The summed E-state index contributed by atoms with van der Waals surface area (Å²) in [5.41, 5.74) is 6.51. The fraction of sp³-hybridized carbons (Fsp3) is 0.308. The van der Waals surface area contributed by atoms with Crippen LogP contribution in [0.5, 0.6) is 0 Å². The minimum absolute atomic E-state index is 0.174. The number of thioether (sulfide) groups is 1. The third-order valence-electron chi connectivity index (χ3n) is 2.81. The number of amides is 3. The van der Waals surface area contributed by atoms with E-state index in [1.54, 1.807) is 0 Å². The Morgan fingerprint density at radius 3 is 2.76 bits per heavy atom. The van der Waals surface area contributed by atoms with E-state index >= 15 is 0 Å². The first-order valence-corrected chi connectivity index (χ1v) is 7.49. The molecule has 0 saturated carbocycles. The Hall–Kier alpha value is -2.22. The fourth-order valence-corrected chi connectivity index (χ4v) is 2.70. The Kier molecular flexibility index (Phi) is 5.04. The number of imidazole rings is 1. The summed E-state index contributed by atoms with van der Waals surface area (Å²) < 4.78 is 2.06. The van der Waals surface area contributed by atoms with Gasteiger partial charge in [-0.15, -0.1) is 0 Å². The zero-order valence-corrected chi connectivity index (χ0v) is 12.7. The molecule has 0 aliphatic heterocycles. The molecule has 0 radical (unpaired) electrons. The first-order chi connectivity index (χ1) is 10.2. The first-order valence-electron chi connectivity index (χ1n) is 6.50. The van der Waals surface area contributed by atoms with Gasteiger partial charge in [0.1, 0.15) is 0 Å². The second-order valence-corrected chi connectivity index (χ2v) is 5.11. The van der Waals surface area contributed by atoms with Gasteiger partial charge in [-0.1, -0.05) is 23.9 Å². The van der Waals surface area contributed by atoms with Gasteiger partial charge >= 0.3 is 6.03 Å². The molecule has 21 heavy (non-hydrogen) atoms. The normalized spacial score (nSPS) is 10.4. The number of aryl methyl sites for hydroxylation is 1. The number of urea groups is 1. The van der Waals surface area contributed by atoms with Crippen molar-refractivity contribution in [1.29, 1.82) is 0 Å². The molecule has 0 aliphatic rings. The van der Waals surface area contributed by atoms with Crippen LogP contribution in [0.2, 0.25) is 0 Å². The first kappa shape index (κ1) is 15.2. The Morgan fingerprint density at radius 2 is 2.05 bits per heavy atom. The van der Waals surface area contributed by atoms with Crippen molar-refractivity contribution < 1.29 is 9.59 Å². The van der Waals surface area contributed by atoms with Crippen LogP contribution in [0.3, 0.4) is 0 Å². The summed E-state index contributed by atoms with van der Waals surface area (Å²) in [6.07, 6.45) is 0. The van der Waals surface area contributed by atoms with Crippen LogP contribution in [0.1, 0.15) is 6.92 Å². The van der Waals surface area contributed by atoms with Gasteiger partial charge in [-0.05, 0) is 19.1 Å². The molecule has 7 nitrogen and oxygen atoms in total. The number of rotatable bonds is 4. The number of aromatic nitrogens is 2. The van der Waals surface area contributed by atoms with Gasteiger partial charge in [0, 0.05) is 13.6 Å². The molecule has 0 bridgehead atoms. The maximum atomic E-state index is 11.6. The number of benzene rings is 1. The van der Waals surface area contributed by atoms with Gasteiger partial charge in [0.05, 0.1) is 16.8 Å². The predicted octanol–water partition coefficient (Wildman–Crippen LogP) is 1.11. The average Bonchev–Trinajstić information content (AvgIpc) is 2.87. The number of para-hydroxylation sites is 2. The SMILES string of the molecule is CCn1c(SCC(=O)NNC(=O)NC)nc2ccccc21. The number of carbonyl (C=O) groups is 2. The van der Waals surface area contributed by atoms with Crippen LogP contribution >= 0.6 is 11.8 Å². The molecule has 2 rings (SSSR count). The average molecular weight is 307 g/mol. The van der Waals surface area contributed by atoms with Crippen LogP contribution in [0.25, 0.3) is 11.0 Å². The van der Waals surface area contributed by atoms with E-state index in [4.69, 9.17) is 0 Å². The molecular weight excluding hydrogens is 290 g/mol. The van der Waals surface area contributed by atoms with Crippen LogP contribution in [0.4, 0.5) is 4.79 Å². The van der Waals surface area contributed by atoms with Crippen molar-refractivity contribution in [3.8, 4) is 0 Å². The van der Waals surface area contributed by atoms with Crippen molar-refractivity contribution in [2.24, 2.45) is 0 Å². The van der Waals surface area contributed by atoms with E-state index in [0.29, 0.717) is 0 Å². The number of carbonyl (C=O) groups excluding carboxylic acids is 2. The lowest BCUT2D eigenvalue weighted by Crippen LogP contribution is -2.46. The van der Waals surface area contributed by atoms with Gasteiger partial charge in [0.15, 0.2) is 5.16 Å². The van der Waals surface area contributed by atoms with Gasteiger partial charge < -0.3 is 9.88 Å². The number of hydrogen-bond donors (Lipinski definition) is 3. The van der Waals surface area contributed by atoms with Crippen molar-refractivity contribution >= 4 is 34.7 Å². The molecule has 1 aromatic heterocycles. The van der Waals surface area contributed by atoms with Crippen LogP contribution in [-0.2, 0) is 11.3 Å². The van der Waals surface area contributed by atoms with E-state index in [1.165, 1.54) is 18.8 Å². The highest BCUT2D eigenvalue weighted by molar-refractivity contribution is 7.99. The van der Waals surface area contributed by atoms with Crippen molar-refractivity contribution in [3.05, 3.63) is 24.3 Å². The number of nitrogens with zero attached hydrogens (tertiary/aromatic N) is 2. The highest BCUT2D eigenvalue weighted by Gasteiger charge is 2.11. The lowest BCUT2D eigenvalue weighted by Gasteiger charge is -2.07. The molecular formula is C13H17N5O2S. The molecule has 2 aromatic rings. The van der Waals surface area contributed by atoms with Crippen molar-refractivity contribution in [1.82, 2.24) is 25.7 Å². The highest BCUT2D eigenvalue weighted by atomic mass is 32.2. The summed E-state index contributed by atoms with van der Waals surface area (Å²) in [4.78, 5) is 27.1. The molecule has 8 heteroatoms. The van der Waals surface area contributed by atoms with E-state index in [2.05, 4.69) is 25.7 Å². The summed E-state index contributed by atoms with van der Waals surface area (Å²) >= 11 is 1.33. The Labute approximate surface area is 126 Å². The largest absolute Gasteiger partial charge is 0.340 e. The zero-order chi connectivity index (χ0) is 15.2. The van der Waals surface area contributed by atoms with E-state index in [0.717, 1.165) is 22.7 Å². The molecule has 1 aromatic carbocycles. The third kappa shape index (κ3) is 3.66. The maximum absolute atomic E-state index is 11.6. The number of hydrogen-bond acceptors (Lipinski definition) is 4. The van der Waals surface area contributed by atoms with Gasteiger partial charge in [0.25, 0.3) is 0 Å². The van der Waals surface area contributed by atoms with E-state index < -0.39 is 6.03 Å². The van der Waals surface area contributed by atoms with Crippen LogP contribution in [0, 0.1) is 0 Å². The Balaban J connectivity index is 2.00. The topological polar surface area (TPSA) is 88.0 Å². The Bertz CT molecular complexity index is 655. The fourth-order valence-electron chi connectivity index (χ4n) is 1.82. The second-order valence-electron chi connectivity index (χ2n) is 4.17. The molecule has 0 atom stereocenters. The molecule has 0 saturated heterocycles. The maximum Gasteiger partial charge on any atom is 0.333 e. The lowest BCUT2D eigenvalue weighted by atomic mass is 10.3. The van der Waals surface area contributed by atoms with Crippen molar-refractivity contribution in [2.75, 3.05) is 12.8 Å². The molecule has 3 N–H and O–H groups in total. The van der Waals surface area contributed by atoms with Gasteiger partial charge in [-0.25, -0.2) is 15.2 Å². The minimum atomic E-state index is -0.464. The second kappa shape index (κ2) is 6.98. The molecule has 1 heterocycles. The standard InChI is InChI=1S/C13H17N5O2S/c1-3-18-10-7-5-4-6-9(10)15-13(18)21-8-11(19)16-17-12(20)14-2/h4-7H,3,8H2,1-2H3,(H,16,19)(H2,14,17,20). The predicted molar refractivity (Wildman–Crippen MR) is 81.9 cm³/mol. The number of nitrogens with one attached hydrogen (secondary N) is 3. The van der Waals surface area contributed by atoms with Crippen molar-refractivity contribution in [2.45, 2.75) is 18.6 Å². The summed E-state index contributed by atoms with van der Waals surface area (Å²) in [5.74, 6) is -0.119. The van der Waals surface area contributed by atoms with E-state index in [1.807, 2.05) is 31.2 Å². The Morgan fingerprint density at radius 1 is 1.29 bits per heavy atom. The van der Waals surface area contributed by atoms with Crippen molar-refractivity contribution in [3.63, 3.8) is 0 Å². The van der Waals surface area contributed by atoms with E-state index in [9.17, 15) is 9.59 Å². The summed E-state index contributed by atoms with van der Waals surface area (Å²) in [7, 11) is 1.47. The number of fused-ring (bicyclic) bond motifs is 1. The van der Waals surface area contributed by atoms with Crippen LogP contribution in [-0.4, -0.2) is 34.3 Å². The molecule has 0 unspecified atom stereocenters.